The van der Waals surface area contributed by atoms with Gasteiger partial charge >= 0.3 is 5.97 Å². The van der Waals surface area contributed by atoms with Crippen LogP contribution in [0.1, 0.15) is 6.42 Å². The van der Waals surface area contributed by atoms with Gasteiger partial charge in [0.25, 0.3) is 0 Å². The molecule has 5 nitrogen and oxygen atoms in total. The number of carboxylic acid groups (broad SMARTS) is 1. The molecule has 3 N–H and O–H groups in total. The largest absolute Gasteiger partial charge is 0.480 e. The van der Waals surface area contributed by atoms with Crippen molar-refractivity contribution in [1.82, 2.24) is 4.90 Å². The maximum absolute atomic E-state index is 12.0. The first-order valence-corrected chi connectivity index (χ1v) is 7.98. The molecule has 17 heavy (non-hydrogen) atoms. The molecular formula is C10H18N2O3S2. The van der Waals surface area contributed by atoms with Crippen LogP contribution in [0.2, 0.25) is 0 Å². The van der Waals surface area contributed by atoms with Gasteiger partial charge in [0.15, 0.2) is 0 Å². The summed E-state index contributed by atoms with van der Waals surface area (Å²) in [6, 6.07) is -1.30. The van der Waals surface area contributed by atoms with Crippen molar-refractivity contribution in [2.45, 2.75) is 18.5 Å². The Bertz CT molecular complexity index is 289. The average Bonchev–Trinajstić information content (AvgIpc) is 2.34. The Morgan fingerprint density at radius 2 is 2.35 bits per heavy atom. The summed E-state index contributed by atoms with van der Waals surface area (Å²) in [5, 5.41) is 9.06. The molecule has 0 aliphatic carbocycles. The van der Waals surface area contributed by atoms with Crippen LogP contribution in [-0.4, -0.2) is 64.0 Å². The SMILES string of the molecule is CSCC[C@H](N)C(=O)N1CCSCC1C(=O)O. The Labute approximate surface area is 109 Å². The van der Waals surface area contributed by atoms with Crippen molar-refractivity contribution in [3.05, 3.63) is 0 Å². The number of carboxylic acids is 1. The molecule has 1 unspecified atom stereocenters. The van der Waals surface area contributed by atoms with E-state index >= 15 is 0 Å². The first kappa shape index (κ1) is 14.7. The van der Waals surface area contributed by atoms with Crippen molar-refractivity contribution >= 4 is 35.4 Å². The van der Waals surface area contributed by atoms with Crippen LogP contribution in [0.3, 0.4) is 0 Å². The third kappa shape index (κ3) is 4.08. The van der Waals surface area contributed by atoms with Crippen LogP contribution in [0, 0.1) is 0 Å². The van der Waals surface area contributed by atoms with Gasteiger partial charge in [-0.15, -0.1) is 0 Å². The molecule has 98 valence electrons. The van der Waals surface area contributed by atoms with E-state index in [1.807, 2.05) is 6.26 Å². The van der Waals surface area contributed by atoms with Gasteiger partial charge in [-0.05, 0) is 18.4 Å². The molecule has 1 aliphatic rings. The first-order chi connectivity index (χ1) is 8.07. The van der Waals surface area contributed by atoms with E-state index in [-0.39, 0.29) is 5.91 Å². The summed E-state index contributed by atoms with van der Waals surface area (Å²) < 4.78 is 0. The van der Waals surface area contributed by atoms with Crippen LogP contribution in [0.15, 0.2) is 0 Å². The lowest BCUT2D eigenvalue weighted by atomic mass is 10.1. The van der Waals surface area contributed by atoms with Gasteiger partial charge in [0, 0.05) is 18.1 Å². The molecule has 0 radical (unpaired) electrons. The number of nitrogens with zero attached hydrogens (tertiary/aromatic N) is 1. The third-order valence-corrected chi connectivity index (χ3v) is 4.31. The van der Waals surface area contributed by atoms with Crippen LogP contribution in [0.25, 0.3) is 0 Å². The van der Waals surface area contributed by atoms with Crippen molar-refractivity contribution in [3.63, 3.8) is 0 Å². The fourth-order valence-corrected chi connectivity index (χ4v) is 3.18. The van der Waals surface area contributed by atoms with Gasteiger partial charge in [0.2, 0.25) is 5.91 Å². The van der Waals surface area contributed by atoms with E-state index in [1.165, 1.54) is 4.90 Å². The number of amides is 1. The van der Waals surface area contributed by atoms with Crippen LogP contribution < -0.4 is 5.73 Å². The molecular weight excluding hydrogens is 260 g/mol. The molecule has 0 aromatic heterocycles. The molecule has 1 rings (SSSR count). The van der Waals surface area contributed by atoms with Gasteiger partial charge in [-0.1, -0.05) is 0 Å². The zero-order valence-corrected chi connectivity index (χ0v) is 11.4. The Balaban J connectivity index is 2.61. The second-order valence-electron chi connectivity index (χ2n) is 3.85. The Kier molecular flexibility index (Phi) is 6.15. The lowest BCUT2D eigenvalue weighted by molar-refractivity contribution is -0.149. The molecule has 0 spiro atoms. The zero-order valence-electron chi connectivity index (χ0n) is 9.80. The highest BCUT2D eigenvalue weighted by atomic mass is 32.2. The summed E-state index contributed by atoms with van der Waals surface area (Å²) in [6.07, 6.45) is 2.55. The molecule has 1 saturated heterocycles. The Hall–Kier alpha value is -0.400. The summed E-state index contributed by atoms with van der Waals surface area (Å²) in [7, 11) is 0. The summed E-state index contributed by atoms with van der Waals surface area (Å²) in [6.45, 7) is 0.480. The van der Waals surface area contributed by atoms with Crippen molar-refractivity contribution < 1.29 is 14.7 Å². The average molecular weight is 278 g/mol. The molecule has 1 amide bonds. The lowest BCUT2D eigenvalue weighted by Gasteiger charge is -2.34. The molecule has 1 fully saturated rings. The molecule has 0 saturated carbocycles. The number of hydrogen-bond donors (Lipinski definition) is 2. The highest BCUT2D eigenvalue weighted by molar-refractivity contribution is 7.99. The first-order valence-electron chi connectivity index (χ1n) is 5.43. The maximum Gasteiger partial charge on any atom is 0.327 e. The predicted molar refractivity (Wildman–Crippen MR) is 71.4 cm³/mol. The van der Waals surface area contributed by atoms with Gasteiger partial charge in [-0.25, -0.2) is 4.79 Å². The molecule has 0 aromatic rings. The summed E-state index contributed by atoms with van der Waals surface area (Å²) in [4.78, 5) is 24.5. The van der Waals surface area contributed by atoms with E-state index in [2.05, 4.69) is 0 Å². The zero-order chi connectivity index (χ0) is 12.8. The number of carbonyl (C=O) groups excluding carboxylic acids is 1. The quantitative estimate of drug-likeness (QED) is 0.742. The van der Waals surface area contributed by atoms with E-state index < -0.39 is 18.1 Å². The second-order valence-corrected chi connectivity index (χ2v) is 5.98. The lowest BCUT2D eigenvalue weighted by Crippen LogP contribution is -2.55. The minimum Gasteiger partial charge on any atom is -0.480 e. The summed E-state index contributed by atoms with van der Waals surface area (Å²) >= 11 is 3.19. The van der Waals surface area contributed by atoms with Crippen molar-refractivity contribution in [1.29, 1.82) is 0 Å². The summed E-state index contributed by atoms with van der Waals surface area (Å²) in [5.74, 6) is 0.878. The van der Waals surface area contributed by atoms with Gasteiger partial charge < -0.3 is 15.7 Å². The monoisotopic (exact) mass is 278 g/mol. The normalized spacial score (nSPS) is 22.2. The summed E-state index contributed by atoms with van der Waals surface area (Å²) in [5.41, 5.74) is 5.79. The molecule has 7 heteroatoms. The van der Waals surface area contributed by atoms with Crippen molar-refractivity contribution in [3.8, 4) is 0 Å². The fourth-order valence-electron chi connectivity index (χ4n) is 1.65. The van der Waals surface area contributed by atoms with Crippen molar-refractivity contribution in [2.75, 3.05) is 30.1 Å². The number of carbonyl (C=O) groups is 2. The van der Waals surface area contributed by atoms with E-state index in [4.69, 9.17) is 10.8 Å². The predicted octanol–water partition coefficient (Wildman–Crippen LogP) is 0.0954. The van der Waals surface area contributed by atoms with Gasteiger partial charge in [-0.2, -0.15) is 23.5 Å². The minimum atomic E-state index is -0.942. The maximum atomic E-state index is 12.0. The van der Waals surface area contributed by atoms with Gasteiger partial charge in [0.1, 0.15) is 6.04 Å². The molecule has 2 atom stereocenters. The molecule has 0 aromatic carbocycles. The number of aliphatic carboxylic acids is 1. The van der Waals surface area contributed by atoms with E-state index in [0.29, 0.717) is 18.7 Å². The Morgan fingerprint density at radius 3 is 2.94 bits per heavy atom. The number of nitrogens with two attached hydrogens (primary N) is 1. The molecule has 1 aliphatic heterocycles. The number of hydrogen-bond acceptors (Lipinski definition) is 5. The minimum absolute atomic E-state index is 0.230. The van der Waals surface area contributed by atoms with Crippen LogP contribution in [0.4, 0.5) is 0 Å². The fraction of sp³-hybridized carbons (Fsp3) is 0.800. The van der Waals surface area contributed by atoms with Crippen LogP contribution in [-0.2, 0) is 9.59 Å². The van der Waals surface area contributed by atoms with Crippen LogP contribution in [0.5, 0.6) is 0 Å². The van der Waals surface area contributed by atoms with E-state index in [9.17, 15) is 9.59 Å². The second kappa shape index (κ2) is 7.13. The van der Waals surface area contributed by atoms with Crippen molar-refractivity contribution in [2.24, 2.45) is 5.73 Å². The highest BCUT2D eigenvalue weighted by Crippen LogP contribution is 2.18. The van der Waals surface area contributed by atoms with E-state index in [0.717, 1.165) is 11.5 Å². The van der Waals surface area contributed by atoms with E-state index in [1.54, 1.807) is 23.5 Å². The van der Waals surface area contributed by atoms with Crippen LogP contribution >= 0.6 is 23.5 Å². The number of thioether (sulfide) groups is 2. The smallest absolute Gasteiger partial charge is 0.327 e. The molecule has 1 heterocycles. The Morgan fingerprint density at radius 1 is 1.65 bits per heavy atom. The third-order valence-electron chi connectivity index (χ3n) is 2.65. The number of rotatable bonds is 5. The topological polar surface area (TPSA) is 83.6 Å². The highest BCUT2D eigenvalue weighted by Gasteiger charge is 2.34. The standard InChI is InChI=1S/C10H18N2O3S2/c1-16-4-2-7(11)9(13)12-3-5-17-6-8(12)10(14)15/h7-8H,2-6,11H2,1H3,(H,14,15)/t7-,8?/m0/s1. The van der Waals surface area contributed by atoms with Gasteiger partial charge in [0.05, 0.1) is 6.04 Å². The van der Waals surface area contributed by atoms with Gasteiger partial charge in [-0.3, -0.25) is 4.79 Å². The molecule has 0 bridgehead atoms.